The third kappa shape index (κ3) is 3.60. The van der Waals surface area contributed by atoms with E-state index in [1.807, 2.05) is 0 Å². The average Bonchev–Trinajstić information content (AvgIpc) is 1.93. The smallest absolute Gasteiger partial charge is 0.307 e. The molecule has 0 aliphatic carbocycles. The summed E-state index contributed by atoms with van der Waals surface area (Å²) in [5.74, 6) is -0.827. The number of rotatable bonds is 2. The van der Waals surface area contributed by atoms with Crippen molar-refractivity contribution >= 4 is 30.0 Å². The highest BCUT2D eigenvalue weighted by atomic mass is 35.5. The number of halogens is 2. The molecule has 12 heavy (non-hydrogen) atoms. The predicted molar refractivity (Wildman–Crippen MR) is 50.0 cm³/mol. The van der Waals surface area contributed by atoms with E-state index < -0.39 is 5.97 Å². The molecule has 1 rings (SSSR count). The van der Waals surface area contributed by atoms with Gasteiger partial charge >= 0.3 is 5.97 Å². The molecule has 0 aliphatic rings. The van der Waals surface area contributed by atoms with E-state index in [1.165, 1.54) is 0 Å². The van der Waals surface area contributed by atoms with E-state index >= 15 is 0 Å². The summed E-state index contributed by atoms with van der Waals surface area (Å²) in [5.41, 5.74) is 0.766. The molecule has 0 saturated heterocycles. The molecule has 0 unspecified atom stereocenters. The third-order valence-electron chi connectivity index (χ3n) is 1.27. The van der Waals surface area contributed by atoms with Gasteiger partial charge in [0.2, 0.25) is 0 Å². The fourth-order valence-corrected chi connectivity index (χ4v) is 0.903. The summed E-state index contributed by atoms with van der Waals surface area (Å²) in [7, 11) is 0. The lowest BCUT2D eigenvalue weighted by Gasteiger charge is -1.95. The van der Waals surface area contributed by atoms with Crippen LogP contribution in [0.4, 0.5) is 0 Å². The zero-order chi connectivity index (χ0) is 8.27. The molecule has 0 atom stereocenters. The summed E-state index contributed by atoms with van der Waals surface area (Å²) in [6.45, 7) is 0. The minimum atomic E-state index is -0.827. The van der Waals surface area contributed by atoms with Gasteiger partial charge in [0.05, 0.1) is 6.42 Å². The molecule has 1 aromatic carbocycles. The molecule has 0 spiro atoms. The SMILES string of the molecule is Cl.O=C(O)Cc1ccc(Cl)cc1. The summed E-state index contributed by atoms with van der Waals surface area (Å²) in [6.07, 6.45) is 0.0527. The Morgan fingerprint density at radius 1 is 1.33 bits per heavy atom. The molecule has 2 nitrogen and oxygen atoms in total. The molecule has 0 aliphatic heterocycles. The topological polar surface area (TPSA) is 37.3 Å². The number of hydrogen-bond donors (Lipinski definition) is 1. The quantitative estimate of drug-likeness (QED) is 0.808. The maximum atomic E-state index is 10.2. The number of aliphatic carboxylic acids is 1. The van der Waals surface area contributed by atoms with Gasteiger partial charge in [-0.05, 0) is 17.7 Å². The number of carboxylic acid groups (broad SMARTS) is 1. The Hall–Kier alpha value is -0.730. The van der Waals surface area contributed by atoms with Crippen LogP contribution in [0, 0.1) is 0 Å². The van der Waals surface area contributed by atoms with E-state index in [0.29, 0.717) is 5.02 Å². The molecule has 0 heterocycles. The first-order valence-electron chi connectivity index (χ1n) is 3.15. The molecule has 0 amide bonds. The monoisotopic (exact) mass is 206 g/mol. The molecule has 0 radical (unpaired) electrons. The third-order valence-corrected chi connectivity index (χ3v) is 1.52. The highest BCUT2D eigenvalue weighted by Gasteiger charge is 1.98. The molecule has 0 saturated carbocycles. The van der Waals surface area contributed by atoms with Gasteiger partial charge in [0.15, 0.2) is 0 Å². The van der Waals surface area contributed by atoms with Gasteiger partial charge in [-0.2, -0.15) is 0 Å². The van der Waals surface area contributed by atoms with Crippen LogP contribution < -0.4 is 0 Å². The Balaban J connectivity index is 0.00000121. The van der Waals surface area contributed by atoms with E-state index in [0.717, 1.165) is 5.56 Å². The maximum Gasteiger partial charge on any atom is 0.307 e. The van der Waals surface area contributed by atoms with Crippen molar-refractivity contribution in [1.82, 2.24) is 0 Å². The Morgan fingerprint density at radius 2 is 1.83 bits per heavy atom. The van der Waals surface area contributed by atoms with Crippen LogP contribution in [-0.2, 0) is 11.2 Å². The Kier molecular flexibility index (Phi) is 4.71. The van der Waals surface area contributed by atoms with Crippen LogP contribution in [-0.4, -0.2) is 11.1 Å². The van der Waals surface area contributed by atoms with Crippen LogP contribution in [0.15, 0.2) is 24.3 Å². The van der Waals surface area contributed by atoms with Gasteiger partial charge in [0.1, 0.15) is 0 Å². The number of hydrogen-bond acceptors (Lipinski definition) is 1. The van der Waals surface area contributed by atoms with Crippen molar-refractivity contribution in [3.63, 3.8) is 0 Å². The normalized spacial score (nSPS) is 8.75. The second-order valence-electron chi connectivity index (χ2n) is 2.20. The molecule has 1 N–H and O–H groups in total. The van der Waals surface area contributed by atoms with Crippen molar-refractivity contribution < 1.29 is 9.90 Å². The summed E-state index contributed by atoms with van der Waals surface area (Å²) in [6, 6.07) is 6.77. The van der Waals surface area contributed by atoms with Crippen molar-refractivity contribution in [2.45, 2.75) is 6.42 Å². The molecule has 4 heteroatoms. The van der Waals surface area contributed by atoms with Crippen molar-refractivity contribution in [2.75, 3.05) is 0 Å². The van der Waals surface area contributed by atoms with Crippen molar-refractivity contribution in [3.8, 4) is 0 Å². The number of carboxylic acids is 1. The zero-order valence-corrected chi connectivity index (χ0v) is 7.73. The molecule has 0 bridgehead atoms. The summed E-state index contributed by atoms with van der Waals surface area (Å²) < 4.78 is 0. The van der Waals surface area contributed by atoms with Crippen LogP contribution >= 0.6 is 24.0 Å². The second-order valence-corrected chi connectivity index (χ2v) is 2.63. The lowest BCUT2D eigenvalue weighted by atomic mass is 10.2. The molecule has 0 fully saturated rings. The summed E-state index contributed by atoms with van der Waals surface area (Å²) >= 11 is 5.60. The molecule has 66 valence electrons. The average molecular weight is 207 g/mol. The molecule has 0 aromatic heterocycles. The van der Waals surface area contributed by atoms with E-state index in [4.69, 9.17) is 16.7 Å². The van der Waals surface area contributed by atoms with Gasteiger partial charge in [-0.3, -0.25) is 4.79 Å². The standard InChI is InChI=1S/C8H7ClO2.ClH/c9-7-3-1-6(2-4-7)5-8(10)11;/h1-4H,5H2,(H,10,11);1H. The number of carbonyl (C=O) groups is 1. The first-order valence-corrected chi connectivity index (χ1v) is 3.52. The van der Waals surface area contributed by atoms with E-state index in [2.05, 4.69) is 0 Å². The first kappa shape index (κ1) is 11.3. The van der Waals surface area contributed by atoms with Crippen LogP contribution in [0.5, 0.6) is 0 Å². The number of benzene rings is 1. The van der Waals surface area contributed by atoms with Crippen LogP contribution in [0.2, 0.25) is 5.02 Å². The highest BCUT2D eigenvalue weighted by molar-refractivity contribution is 6.30. The molecular formula is C8H8Cl2O2. The van der Waals surface area contributed by atoms with Crippen LogP contribution in [0.3, 0.4) is 0 Å². The highest BCUT2D eigenvalue weighted by Crippen LogP contribution is 2.09. The van der Waals surface area contributed by atoms with Gasteiger partial charge in [-0.1, -0.05) is 23.7 Å². The summed E-state index contributed by atoms with van der Waals surface area (Å²) in [4.78, 5) is 10.2. The molecular weight excluding hydrogens is 199 g/mol. The van der Waals surface area contributed by atoms with Gasteiger partial charge in [0.25, 0.3) is 0 Å². The minimum Gasteiger partial charge on any atom is -0.481 e. The second kappa shape index (κ2) is 5.01. The van der Waals surface area contributed by atoms with E-state index in [9.17, 15) is 4.79 Å². The van der Waals surface area contributed by atoms with E-state index in [-0.39, 0.29) is 18.8 Å². The van der Waals surface area contributed by atoms with Crippen molar-refractivity contribution in [1.29, 1.82) is 0 Å². The lowest BCUT2D eigenvalue weighted by molar-refractivity contribution is -0.136. The van der Waals surface area contributed by atoms with Crippen molar-refractivity contribution in [3.05, 3.63) is 34.9 Å². The fourth-order valence-electron chi connectivity index (χ4n) is 0.777. The van der Waals surface area contributed by atoms with E-state index in [1.54, 1.807) is 24.3 Å². The lowest BCUT2D eigenvalue weighted by Crippen LogP contribution is -1.99. The minimum absolute atomic E-state index is 0. The first-order chi connectivity index (χ1) is 5.18. The predicted octanol–water partition coefficient (Wildman–Crippen LogP) is 2.39. The van der Waals surface area contributed by atoms with Gasteiger partial charge < -0.3 is 5.11 Å². The maximum absolute atomic E-state index is 10.2. The summed E-state index contributed by atoms with van der Waals surface area (Å²) in [5, 5.41) is 9.03. The van der Waals surface area contributed by atoms with Gasteiger partial charge in [-0.15, -0.1) is 12.4 Å². The van der Waals surface area contributed by atoms with Gasteiger partial charge in [0, 0.05) is 5.02 Å². The van der Waals surface area contributed by atoms with Crippen molar-refractivity contribution in [2.24, 2.45) is 0 Å². The van der Waals surface area contributed by atoms with Crippen LogP contribution in [0.25, 0.3) is 0 Å². The Labute approximate surface area is 81.6 Å². The molecule has 1 aromatic rings. The largest absolute Gasteiger partial charge is 0.481 e. The fraction of sp³-hybridized carbons (Fsp3) is 0.125. The van der Waals surface area contributed by atoms with Gasteiger partial charge in [-0.25, -0.2) is 0 Å². The zero-order valence-electron chi connectivity index (χ0n) is 6.16. The Bertz CT molecular complexity index is 256. The van der Waals surface area contributed by atoms with Crippen LogP contribution in [0.1, 0.15) is 5.56 Å². The Morgan fingerprint density at radius 3 is 2.25 bits per heavy atom.